The summed E-state index contributed by atoms with van der Waals surface area (Å²) in [5.41, 5.74) is 1.16. The van der Waals surface area contributed by atoms with Crippen molar-refractivity contribution in [2.24, 2.45) is 0 Å². The van der Waals surface area contributed by atoms with Gasteiger partial charge in [-0.15, -0.1) is 0 Å². The van der Waals surface area contributed by atoms with Gasteiger partial charge in [0.05, 0.1) is 5.52 Å². The average molecular weight is 203 g/mol. The number of hydrogen-bond donors (Lipinski definition) is 0. The van der Waals surface area contributed by atoms with Gasteiger partial charge >= 0.3 is 5.76 Å². The van der Waals surface area contributed by atoms with Crippen molar-refractivity contribution in [3.8, 4) is 0 Å². The van der Waals surface area contributed by atoms with Gasteiger partial charge in [0.25, 0.3) is 5.91 Å². The van der Waals surface area contributed by atoms with Gasteiger partial charge in [0.15, 0.2) is 5.58 Å². The molecule has 1 aromatic carbocycles. The first kappa shape index (κ1) is 9.45. The lowest BCUT2D eigenvalue weighted by molar-refractivity contribution is 0.0952. The maximum absolute atomic E-state index is 11.6. The largest absolute Gasteiger partial charge is 0.427 e. The quantitative estimate of drug-likeness (QED) is 0.664. The summed E-state index contributed by atoms with van der Waals surface area (Å²) >= 11 is 0. The number of oxazole rings is 1. The Bertz CT molecular complexity index is 604. The molecule has 0 radical (unpaired) electrons. The molecule has 0 atom stereocenters. The van der Waals surface area contributed by atoms with Crippen LogP contribution in [0.4, 0.5) is 0 Å². The van der Waals surface area contributed by atoms with Gasteiger partial charge in [-0.1, -0.05) is 18.7 Å². The SMILES string of the molecule is C=C(C)C(=O)n1c(=O)oc2ccccc21. The molecule has 15 heavy (non-hydrogen) atoms. The first-order valence-corrected chi connectivity index (χ1v) is 4.42. The van der Waals surface area contributed by atoms with Crippen LogP contribution in [0, 0.1) is 0 Å². The Labute approximate surface area is 85.4 Å². The molecule has 0 aliphatic rings. The fourth-order valence-corrected chi connectivity index (χ4v) is 1.35. The number of rotatable bonds is 1. The number of hydrogen-bond acceptors (Lipinski definition) is 3. The zero-order chi connectivity index (χ0) is 11.0. The van der Waals surface area contributed by atoms with E-state index in [1.165, 1.54) is 0 Å². The van der Waals surface area contributed by atoms with Gasteiger partial charge in [-0.3, -0.25) is 4.79 Å². The molecular weight excluding hydrogens is 194 g/mol. The molecule has 2 aromatic rings. The average Bonchev–Trinajstić information content (AvgIpc) is 2.52. The van der Waals surface area contributed by atoms with Crippen molar-refractivity contribution < 1.29 is 9.21 Å². The van der Waals surface area contributed by atoms with Crippen LogP contribution in [0.15, 0.2) is 45.6 Å². The predicted octanol–water partition coefficient (Wildman–Crippen LogP) is 1.81. The first-order chi connectivity index (χ1) is 7.11. The predicted molar refractivity (Wildman–Crippen MR) is 55.9 cm³/mol. The van der Waals surface area contributed by atoms with Gasteiger partial charge in [-0.25, -0.2) is 9.36 Å². The molecule has 4 heteroatoms. The van der Waals surface area contributed by atoms with Crippen molar-refractivity contribution in [3.05, 3.63) is 47.0 Å². The number of fused-ring (bicyclic) bond motifs is 1. The second-order valence-corrected chi connectivity index (χ2v) is 3.26. The molecule has 0 aliphatic heterocycles. The third kappa shape index (κ3) is 1.40. The number of para-hydroxylation sites is 2. The highest BCUT2D eigenvalue weighted by Crippen LogP contribution is 2.12. The summed E-state index contributed by atoms with van der Waals surface area (Å²) in [6, 6.07) is 6.76. The van der Waals surface area contributed by atoms with E-state index in [1.807, 2.05) is 0 Å². The normalized spacial score (nSPS) is 10.5. The summed E-state index contributed by atoms with van der Waals surface area (Å²) in [4.78, 5) is 23.1. The minimum atomic E-state index is -0.677. The van der Waals surface area contributed by atoms with Gasteiger partial charge < -0.3 is 4.42 Å². The lowest BCUT2D eigenvalue weighted by Crippen LogP contribution is -2.22. The Morgan fingerprint density at radius 2 is 2.07 bits per heavy atom. The van der Waals surface area contributed by atoms with Crippen molar-refractivity contribution in [2.75, 3.05) is 0 Å². The molecule has 76 valence electrons. The molecule has 0 unspecified atom stereocenters. The number of aromatic nitrogens is 1. The molecule has 0 amide bonds. The molecule has 0 spiro atoms. The molecule has 2 rings (SSSR count). The summed E-state index contributed by atoms with van der Waals surface area (Å²) in [5, 5.41) is 0. The number of carbonyl (C=O) groups excluding carboxylic acids is 1. The van der Waals surface area contributed by atoms with E-state index in [4.69, 9.17) is 4.42 Å². The summed E-state index contributed by atoms with van der Waals surface area (Å²) in [6.45, 7) is 5.06. The molecule has 1 heterocycles. The van der Waals surface area contributed by atoms with E-state index in [0.717, 1.165) is 4.57 Å². The van der Waals surface area contributed by atoms with Gasteiger partial charge in [-0.05, 0) is 19.1 Å². The fourth-order valence-electron chi connectivity index (χ4n) is 1.35. The van der Waals surface area contributed by atoms with E-state index in [2.05, 4.69) is 6.58 Å². The van der Waals surface area contributed by atoms with Crippen LogP contribution < -0.4 is 5.76 Å². The van der Waals surface area contributed by atoms with Crippen LogP contribution in [0.25, 0.3) is 11.1 Å². The van der Waals surface area contributed by atoms with Crippen molar-refractivity contribution in [2.45, 2.75) is 6.92 Å². The summed E-state index contributed by atoms with van der Waals surface area (Å²) in [5.74, 6) is -1.12. The van der Waals surface area contributed by atoms with Gasteiger partial charge in [0.2, 0.25) is 0 Å². The highest BCUT2D eigenvalue weighted by molar-refractivity contribution is 5.99. The molecule has 0 N–H and O–H groups in total. The van der Waals surface area contributed by atoms with Crippen LogP contribution in [0.5, 0.6) is 0 Å². The third-order valence-corrected chi connectivity index (χ3v) is 2.05. The summed E-state index contributed by atoms with van der Waals surface area (Å²) in [7, 11) is 0. The Morgan fingerprint density at radius 1 is 1.40 bits per heavy atom. The number of nitrogens with zero attached hydrogens (tertiary/aromatic N) is 1. The molecule has 0 saturated heterocycles. The van der Waals surface area contributed by atoms with Crippen molar-refractivity contribution in [3.63, 3.8) is 0 Å². The fraction of sp³-hybridized carbons (Fsp3) is 0.0909. The minimum Gasteiger partial charge on any atom is -0.407 e. The van der Waals surface area contributed by atoms with E-state index in [-0.39, 0.29) is 0 Å². The van der Waals surface area contributed by atoms with Crippen LogP contribution in [-0.4, -0.2) is 10.5 Å². The van der Waals surface area contributed by atoms with Gasteiger partial charge in [-0.2, -0.15) is 0 Å². The van der Waals surface area contributed by atoms with E-state index in [9.17, 15) is 9.59 Å². The molecule has 0 bridgehead atoms. The smallest absolute Gasteiger partial charge is 0.407 e. The molecule has 0 fully saturated rings. The summed E-state index contributed by atoms with van der Waals surface area (Å²) < 4.78 is 5.90. The van der Waals surface area contributed by atoms with Crippen molar-refractivity contribution in [1.29, 1.82) is 0 Å². The number of carbonyl (C=O) groups is 1. The third-order valence-electron chi connectivity index (χ3n) is 2.05. The number of benzene rings is 1. The van der Waals surface area contributed by atoms with E-state index in [1.54, 1.807) is 31.2 Å². The second-order valence-electron chi connectivity index (χ2n) is 3.26. The van der Waals surface area contributed by atoms with Crippen LogP contribution in [-0.2, 0) is 0 Å². The molecule has 0 saturated carbocycles. The van der Waals surface area contributed by atoms with Crippen LogP contribution >= 0.6 is 0 Å². The van der Waals surface area contributed by atoms with E-state index in [0.29, 0.717) is 16.7 Å². The lowest BCUT2D eigenvalue weighted by Gasteiger charge is -1.98. The molecule has 0 aliphatic carbocycles. The highest BCUT2D eigenvalue weighted by Gasteiger charge is 2.15. The Morgan fingerprint density at radius 3 is 2.73 bits per heavy atom. The van der Waals surface area contributed by atoms with Crippen molar-refractivity contribution >= 4 is 17.0 Å². The monoisotopic (exact) mass is 203 g/mol. The lowest BCUT2D eigenvalue weighted by atomic mass is 10.3. The van der Waals surface area contributed by atoms with Crippen LogP contribution in [0.1, 0.15) is 11.7 Å². The Hall–Kier alpha value is -2.10. The Kier molecular flexibility index (Phi) is 2.04. The summed E-state index contributed by atoms with van der Waals surface area (Å²) in [6.07, 6.45) is 0. The second kappa shape index (κ2) is 3.24. The zero-order valence-electron chi connectivity index (χ0n) is 8.19. The van der Waals surface area contributed by atoms with Gasteiger partial charge in [0, 0.05) is 5.57 Å². The van der Waals surface area contributed by atoms with Gasteiger partial charge in [0.1, 0.15) is 0 Å². The zero-order valence-corrected chi connectivity index (χ0v) is 8.19. The van der Waals surface area contributed by atoms with E-state index < -0.39 is 11.7 Å². The van der Waals surface area contributed by atoms with Crippen molar-refractivity contribution in [1.82, 2.24) is 4.57 Å². The van der Waals surface area contributed by atoms with Crippen LogP contribution in [0.3, 0.4) is 0 Å². The molecular formula is C11H9NO3. The number of allylic oxidation sites excluding steroid dienone is 1. The van der Waals surface area contributed by atoms with E-state index >= 15 is 0 Å². The minimum absolute atomic E-state index is 0.295. The topological polar surface area (TPSA) is 52.2 Å². The maximum atomic E-state index is 11.6. The first-order valence-electron chi connectivity index (χ1n) is 4.42. The Balaban J connectivity index is 2.80. The molecule has 4 nitrogen and oxygen atoms in total. The highest BCUT2D eigenvalue weighted by atomic mass is 16.4. The molecule has 1 aromatic heterocycles. The standard InChI is InChI=1S/C11H9NO3/c1-7(2)10(13)12-8-5-3-4-6-9(8)15-11(12)14/h3-6H,1H2,2H3. The van der Waals surface area contributed by atoms with Crippen LogP contribution in [0.2, 0.25) is 0 Å². The maximum Gasteiger partial charge on any atom is 0.427 e.